The van der Waals surface area contributed by atoms with Crippen LogP contribution in [0.3, 0.4) is 0 Å². The monoisotopic (exact) mass is 509 g/mol. The smallest absolute Gasteiger partial charge is 0.409 e. The van der Waals surface area contributed by atoms with Crippen LogP contribution < -0.4 is 5.73 Å². The Morgan fingerprint density at radius 3 is 2.17 bits per heavy atom. The molecule has 1 aliphatic carbocycles. The van der Waals surface area contributed by atoms with E-state index >= 15 is 0 Å². The van der Waals surface area contributed by atoms with Gasteiger partial charge >= 0.3 is 16.3 Å². The highest BCUT2D eigenvalue weighted by Crippen LogP contribution is 2.44. The lowest BCUT2D eigenvalue weighted by molar-refractivity contribution is 0.0728. The van der Waals surface area contributed by atoms with E-state index in [2.05, 4.69) is 29.2 Å². The molecule has 0 aromatic heterocycles. The molecule has 0 radical (unpaired) electrons. The van der Waals surface area contributed by atoms with Crippen LogP contribution >= 0.6 is 0 Å². The molecule has 9 heteroatoms. The number of nitrogens with zero attached hydrogens (tertiary/aromatic N) is 2. The van der Waals surface area contributed by atoms with Gasteiger partial charge in [0.1, 0.15) is 11.5 Å². The standard InChI is InChI=1S/C27H28FN3O4S/c1-18-19(14-20(15-26(18)29)36(28,33)34)16-30-10-12-31(13-11-30)27(32)35-17-25-23-8-4-2-6-21(23)22-7-3-5-9-24(22)25/h2-9,14-15,25H,10-13,16-17,29H2,1H3. The number of carbonyl (C=O) groups excluding carboxylic acids is 1. The largest absolute Gasteiger partial charge is 0.448 e. The van der Waals surface area contributed by atoms with Gasteiger partial charge in [-0.3, -0.25) is 4.90 Å². The summed E-state index contributed by atoms with van der Waals surface area (Å²) in [5, 5.41) is 0. The summed E-state index contributed by atoms with van der Waals surface area (Å²) in [4.78, 5) is 16.2. The van der Waals surface area contributed by atoms with E-state index in [1.165, 1.54) is 28.3 Å². The van der Waals surface area contributed by atoms with Crippen molar-refractivity contribution in [3.63, 3.8) is 0 Å². The topological polar surface area (TPSA) is 92.9 Å². The predicted octanol–water partition coefficient (Wildman–Crippen LogP) is 4.30. The number of benzene rings is 3. The van der Waals surface area contributed by atoms with E-state index in [4.69, 9.17) is 10.5 Å². The maximum absolute atomic E-state index is 13.5. The minimum Gasteiger partial charge on any atom is -0.448 e. The fourth-order valence-electron chi connectivity index (χ4n) is 5.09. The first-order chi connectivity index (χ1) is 17.2. The lowest BCUT2D eigenvalue weighted by atomic mass is 9.98. The zero-order valence-electron chi connectivity index (χ0n) is 20.0. The number of piperazine rings is 1. The molecule has 3 aromatic rings. The van der Waals surface area contributed by atoms with Crippen LogP contribution in [0.25, 0.3) is 11.1 Å². The van der Waals surface area contributed by atoms with Crippen LogP contribution in [0.1, 0.15) is 28.2 Å². The van der Waals surface area contributed by atoms with Crippen LogP contribution in [0.4, 0.5) is 14.4 Å². The van der Waals surface area contributed by atoms with Gasteiger partial charge < -0.3 is 15.4 Å². The maximum atomic E-state index is 13.5. The number of nitrogen functional groups attached to an aromatic ring is 1. The quantitative estimate of drug-likeness (QED) is 0.407. The van der Waals surface area contributed by atoms with Gasteiger partial charge in [-0.2, -0.15) is 8.42 Å². The van der Waals surface area contributed by atoms with E-state index in [0.717, 1.165) is 11.6 Å². The summed E-state index contributed by atoms with van der Waals surface area (Å²) in [6.07, 6.45) is -0.345. The van der Waals surface area contributed by atoms with Gasteiger partial charge in [0.2, 0.25) is 0 Å². The molecule has 2 aliphatic rings. The number of amides is 1. The van der Waals surface area contributed by atoms with E-state index < -0.39 is 15.1 Å². The number of rotatable bonds is 5. The third-order valence-corrected chi connectivity index (χ3v) is 7.97. The van der Waals surface area contributed by atoms with Crippen LogP contribution in [0.2, 0.25) is 0 Å². The van der Waals surface area contributed by atoms with Crippen molar-refractivity contribution in [1.29, 1.82) is 0 Å². The Bertz CT molecular complexity index is 1370. The number of halogens is 1. The first kappa shape index (κ1) is 24.3. The molecule has 0 unspecified atom stereocenters. The maximum Gasteiger partial charge on any atom is 0.409 e. The number of hydrogen-bond acceptors (Lipinski definition) is 6. The second-order valence-electron chi connectivity index (χ2n) is 9.30. The summed E-state index contributed by atoms with van der Waals surface area (Å²) in [6, 6.07) is 18.9. The van der Waals surface area contributed by atoms with Crippen LogP contribution in [-0.2, 0) is 21.5 Å². The molecular weight excluding hydrogens is 481 g/mol. The van der Waals surface area contributed by atoms with Crippen molar-refractivity contribution in [1.82, 2.24) is 9.80 Å². The lowest BCUT2D eigenvalue weighted by Crippen LogP contribution is -2.48. The summed E-state index contributed by atoms with van der Waals surface area (Å²) < 4.78 is 42.0. The summed E-state index contributed by atoms with van der Waals surface area (Å²) in [7, 11) is -4.84. The Morgan fingerprint density at radius 2 is 1.58 bits per heavy atom. The highest BCUT2D eigenvalue weighted by atomic mass is 32.3. The van der Waals surface area contributed by atoms with Gasteiger partial charge in [0.15, 0.2) is 0 Å². The fraction of sp³-hybridized carbons (Fsp3) is 0.296. The van der Waals surface area contributed by atoms with E-state index in [-0.39, 0.29) is 24.3 Å². The minimum atomic E-state index is -4.84. The predicted molar refractivity (Wildman–Crippen MR) is 136 cm³/mol. The first-order valence-electron chi connectivity index (χ1n) is 11.9. The van der Waals surface area contributed by atoms with Crippen molar-refractivity contribution < 1.29 is 21.8 Å². The molecular formula is C27H28FN3O4S. The average molecular weight is 510 g/mol. The van der Waals surface area contributed by atoms with E-state index in [9.17, 15) is 17.1 Å². The van der Waals surface area contributed by atoms with E-state index in [1.54, 1.807) is 11.8 Å². The van der Waals surface area contributed by atoms with Gasteiger partial charge in [-0.1, -0.05) is 48.5 Å². The van der Waals surface area contributed by atoms with E-state index in [1.807, 2.05) is 24.3 Å². The Labute approximate surface area is 210 Å². The number of ether oxygens (including phenoxy) is 1. The molecule has 1 fully saturated rings. The number of fused-ring (bicyclic) bond motifs is 3. The molecule has 0 saturated carbocycles. The molecule has 7 nitrogen and oxygen atoms in total. The molecule has 1 saturated heterocycles. The molecule has 0 bridgehead atoms. The summed E-state index contributed by atoms with van der Waals surface area (Å²) in [5.41, 5.74) is 12.2. The van der Waals surface area contributed by atoms with Crippen molar-refractivity contribution >= 4 is 22.0 Å². The van der Waals surface area contributed by atoms with Gasteiger partial charge in [0, 0.05) is 44.3 Å². The Hall–Kier alpha value is -3.43. The third kappa shape index (κ3) is 4.68. The highest BCUT2D eigenvalue weighted by Gasteiger charge is 2.30. The summed E-state index contributed by atoms with van der Waals surface area (Å²) in [5.74, 6) is 0.00938. The van der Waals surface area contributed by atoms with Crippen molar-refractivity contribution in [3.05, 3.63) is 82.9 Å². The van der Waals surface area contributed by atoms with E-state index in [0.29, 0.717) is 38.3 Å². The number of anilines is 1. The van der Waals surface area contributed by atoms with Gasteiger partial charge in [-0.15, -0.1) is 3.89 Å². The van der Waals surface area contributed by atoms with Gasteiger partial charge in [-0.05, 0) is 52.4 Å². The van der Waals surface area contributed by atoms with Crippen molar-refractivity contribution in [2.24, 2.45) is 0 Å². The molecule has 3 aromatic carbocycles. The van der Waals surface area contributed by atoms with Crippen molar-refractivity contribution in [2.45, 2.75) is 24.3 Å². The number of nitrogens with two attached hydrogens (primary N) is 1. The average Bonchev–Trinajstić information content (AvgIpc) is 3.19. The van der Waals surface area contributed by atoms with Gasteiger partial charge in [0.05, 0.1) is 0 Å². The Kier molecular flexibility index (Phi) is 6.44. The SMILES string of the molecule is Cc1c(N)cc(S(=O)(=O)F)cc1CN1CCN(C(=O)OCC2c3ccccc3-c3ccccc32)CC1. The van der Waals surface area contributed by atoms with Gasteiger partial charge in [0.25, 0.3) is 0 Å². The molecule has 2 N–H and O–H groups in total. The number of hydrogen-bond donors (Lipinski definition) is 1. The second-order valence-corrected chi connectivity index (χ2v) is 10.6. The Morgan fingerprint density at radius 1 is 1.00 bits per heavy atom. The fourth-order valence-corrected chi connectivity index (χ4v) is 5.64. The van der Waals surface area contributed by atoms with Crippen LogP contribution in [0.15, 0.2) is 65.6 Å². The van der Waals surface area contributed by atoms with Crippen molar-refractivity contribution in [2.75, 3.05) is 38.5 Å². The van der Waals surface area contributed by atoms with Crippen LogP contribution in [0.5, 0.6) is 0 Å². The molecule has 36 heavy (non-hydrogen) atoms. The lowest BCUT2D eigenvalue weighted by Gasteiger charge is -2.34. The van der Waals surface area contributed by atoms with Crippen LogP contribution in [-0.4, -0.2) is 57.1 Å². The third-order valence-electron chi connectivity index (χ3n) is 7.17. The normalized spacial score (nSPS) is 16.0. The second kappa shape index (κ2) is 9.55. The number of carbonyl (C=O) groups is 1. The molecule has 5 rings (SSSR count). The molecule has 1 aliphatic heterocycles. The molecule has 1 heterocycles. The molecule has 188 valence electrons. The molecule has 0 atom stereocenters. The summed E-state index contributed by atoms with van der Waals surface area (Å²) >= 11 is 0. The zero-order chi connectivity index (χ0) is 25.4. The van der Waals surface area contributed by atoms with Crippen LogP contribution in [0, 0.1) is 6.92 Å². The van der Waals surface area contributed by atoms with Gasteiger partial charge in [-0.25, -0.2) is 4.79 Å². The minimum absolute atomic E-state index is 0.00938. The molecule has 1 amide bonds. The van der Waals surface area contributed by atoms with Crippen molar-refractivity contribution in [3.8, 4) is 11.1 Å². The summed E-state index contributed by atoms with van der Waals surface area (Å²) in [6.45, 7) is 4.59. The molecule has 0 spiro atoms. The Balaban J connectivity index is 1.19. The zero-order valence-corrected chi connectivity index (χ0v) is 20.8. The first-order valence-corrected chi connectivity index (χ1v) is 13.3. The highest BCUT2D eigenvalue weighted by molar-refractivity contribution is 7.86.